The highest BCUT2D eigenvalue weighted by atomic mass is 28.3. The number of hydrogen-bond acceptors (Lipinski definition) is 7. The highest BCUT2D eigenvalue weighted by Crippen LogP contribution is 2.59. The molecule has 1 aliphatic heterocycles. The Hall–Kier alpha value is -3.57. The Morgan fingerprint density at radius 3 is 2.46 bits per heavy atom. The third-order valence-electron chi connectivity index (χ3n) is 11.2. The average Bonchev–Trinajstić information content (AvgIpc) is 3.64. The second-order valence-corrected chi connectivity index (χ2v) is 23.5. The highest BCUT2D eigenvalue weighted by molar-refractivity contribution is 6.76. The van der Waals surface area contributed by atoms with Crippen LogP contribution in [0.2, 0.25) is 25.7 Å². The molecule has 1 N–H and O–H groups in total. The summed E-state index contributed by atoms with van der Waals surface area (Å²) in [6, 6.07) is 9.32. The maximum absolute atomic E-state index is 14.2. The monoisotopic (exact) mass is 759 g/mol. The molecule has 2 aliphatic rings. The SMILES string of the molecule is CCC(=O)CCCCC[C@H](NC(=O)[C@H]1CC12CCN(C(=O)OC(C)(C)C)CC2)c1ncc(-c2cc3ccc(C)nc3cc2CC)n1COCC[Si](C)(C)C. The molecule has 1 saturated heterocycles. The van der Waals surface area contributed by atoms with Crippen molar-refractivity contribution in [2.75, 3.05) is 19.7 Å². The Labute approximate surface area is 324 Å². The van der Waals surface area contributed by atoms with E-state index in [4.69, 9.17) is 19.4 Å². The fourth-order valence-corrected chi connectivity index (χ4v) is 8.45. The Morgan fingerprint density at radius 1 is 1.06 bits per heavy atom. The van der Waals surface area contributed by atoms with Gasteiger partial charge in [-0.25, -0.2) is 9.78 Å². The number of hydrogen-bond donors (Lipinski definition) is 1. The minimum Gasteiger partial charge on any atom is -0.444 e. The first-order chi connectivity index (χ1) is 25.5. The first-order valence-electron chi connectivity index (χ1n) is 20.4. The van der Waals surface area contributed by atoms with Gasteiger partial charge in [0.15, 0.2) is 0 Å². The first kappa shape index (κ1) is 41.6. The molecule has 2 fully saturated rings. The van der Waals surface area contributed by atoms with Gasteiger partial charge >= 0.3 is 6.09 Å². The molecule has 54 heavy (non-hydrogen) atoms. The second-order valence-electron chi connectivity index (χ2n) is 17.9. The lowest BCUT2D eigenvalue weighted by molar-refractivity contribution is -0.124. The van der Waals surface area contributed by atoms with Gasteiger partial charge in [0.05, 0.1) is 23.4 Å². The molecule has 1 aromatic carbocycles. The topological polar surface area (TPSA) is 116 Å². The lowest BCUT2D eigenvalue weighted by Crippen LogP contribution is -2.43. The minimum atomic E-state index is -1.31. The molecule has 0 radical (unpaired) electrons. The molecule has 2 atom stereocenters. The van der Waals surface area contributed by atoms with Crippen LogP contribution in [0, 0.1) is 18.3 Å². The van der Waals surface area contributed by atoms with Crippen LogP contribution < -0.4 is 5.32 Å². The molecule has 1 aliphatic carbocycles. The molecule has 0 bridgehead atoms. The largest absolute Gasteiger partial charge is 0.444 e. The summed E-state index contributed by atoms with van der Waals surface area (Å²) in [5, 5.41) is 4.55. The molecule has 11 heteroatoms. The third kappa shape index (κ3) is 10.8. The molecule has 5 rings (SSSR count). The third-order valence-corrected chi connectivity index (χ3v) is 12.9. The maximum atomic E-state index is 14.2. The van der Waals surface area contributed by atoms with Gasteiger partial charge in [-0.1, -0.05) is 52.4 Å². The van der Waals surface area contributed by atoms with Crippen LogP contribution in [0.15, 0.2) is 30.5 Å². The Kier molecular flexibility index (Phi) is 13.5. The van der Waals surface area contributed by atoms with Crippen molar-refractivity contribution in [2.45, 2.75) is 150 Å². The van der Waals surface area contributed by atoms with Crippen molar-refractivity contribution >= 4 is 36.8 Å². The average molecular weight is 760 g/mol. The molecule has 10 nitrogen and oxygen atoms in total. The van der Waals surface area contributed by atoms with E-state index in [-0.39, 0.29) is 29.4 Å². The standard InChI is InChI=1S/C43H65N5O5Si/c1-10-31-26-37-32(18-17-30(3)45-37)25-34(31)38-28-44-39(48(38)29-52-23-24-54(7,8)9)36(16-14-12-13-15-33(49)11-2)46-40(50)35-27-43(35)19-21-47(22-20-43)41(51)53-42(4,5)6/h17-18,25-26,28,35-36H,10-16,19-24,27,29H2,1-9H3,(H,46,50)/t35-,36+/m1/s1. The molecule has 1 spiro atoms. The molecule has 296 valence electrons. The fourth-order valence-electron chi connectivity index (χ4n) is 7.69. The van der Waals surface area contributed by atoms with Gasteiger partial charge in [0.1, 0.15) is 23.9 Å². The zero-order chi connectivity index (χ0) is 39.3. The number of unbranched alkanes of at least 4 members (excludes halogenated alkanes) is 2. The number of ether oxygens (including phenoxy) is 2. The molecular weight excluding hydrogens is 695 g/mol. The van der Waals surface area contributed by atoms with Crippen LogP contribution in [0.4, 0.5) is 4.79 Å². The highest BCUT2D eigenvalue weighted by Gasteiger charge is 2.59. The van der Waals surface area contributed by atoms with Crippen molar-refractivity contribution in [3.05, 3.63) is 47.5 Å². The number of Topliss-reactive ketones (excluding diaryl/α,β-unsaturated/α-hetero) is 1. The fraction of sp³-hybridized carbons (Fsp3) is 0.651. The van der Waals surface area contributed by atoms with Gasteiger partial charge in [-0.15, -0.1) is 0 Å². The van der Waals surface area contributed by atoms with Crippen LogP contribution in [0.5, 0.6) is 0 Å². The van der Waals surface area contributed by atoms with E-state index >= 15 is 0 Å². The number of piperidine rings is 1. The molecule has 3 aromatic rings. The number of ketones is 1. The number of carbonyl (C=O) groups excluding carboxylic acids is 3. The van der Waals surface area contributed by atoms with E-state index in [9.17, 15) is 14.4 Å². The van der Waals surface area contributed by atoms with Crippen LogP contribution in [-0.4, -0.2) is 70.6 Å². The number of nitrogens with one attached hydrogen (secondary N) is 1. The summed E-state index contributed by atoms with van der Waals surface area (Å²) in [5.74, 6) is 1.06. The molecule has 2 amide bonds. The summed E-state index contributed by atoms with van der Waals surface area (Å²) in [7, 11) is -1.31. The summed E-state index contributed by atoms with van der Waals surface area (Å²) in [6.45, 7) is 21.0. The lowest BCUT2D eigenvalue weighted by Gasteiger charge is -2.34. The van der Waals surface area contributed by atoms with Gasteiger partial charge in [-0.05, 0) is 101 Å². The normalized spacial score (nSPS) is 17.5. The Balaban J connectivity index is 1.41. The quantitative estimate of drug-likeness (QED) is 0.108. The van der Waals surface area contributed by atoms with E-state index in [1.807, 2.05) is 46.9 Å². The number of amides is 2. The van der Waals surface area contributed by atoms with Crippen LogP contribution in [-0.2, 0) is 32.2 Å². The number of carbonyl (C=O) groups is 3. The van der Waals surface area contributed by atoms with Crippen LogP contribution >= 0.6 is 0 Å². The summed E-state index contributed by atoms with van der Waals surface area (Å²) < 4.78 is 14.2. The van der Waals surface area contributed by atoms with Gasteiger partial charge < -0.3 is 24.3 Å². The zero-order valence-corrected chi connectivity index (χ0v) is 35.5. The molecule has 1 saturated carbocycles. The summed E-state index contributed by atoms with van der Waals surface area (Å²) in [6.07, 6.45) is 9.41. The van der Waals surface area contributed by atoms with E-state index < -0.39 is 13.7 Å². The van der Waals surface area contributed by atoms with E-state index in [2.05, 4.69) is 54.6 Å². The predicted octanol–water partition coefficient (Wildman–Crippen LogP) is 9.41. The molecule has 2 aromatic heterocycles. The number of aromatic nitrogens is 3. The Bertz CT molecular complexity index is 1780. The summed E-state index contributed by atoms with van der Waals surface area (Å²) in [5.41, 5.74) is 4.62. The summed E-state index contributed by atoms with van der Waals surface area (Å²) in [4.78, 5) is 50.6. The van der Waals surface area contributed by atoms with Gasteiger partial charge in [-0.3, -0.25) is 14.6 Å². The predicted molar refractivity (Wildman–Crippen MR) is 218 cm³/mol. The maximum Gasteiger partial charge on any atom is 0.410 e. The second kappa shape index (κ2) is 17.5. The minimum absolute atomic E-state index is 0.0593. The van der Waals surface area contributed by atoms with Crippen molar-refractivity contribution in [3.63, 3.8) is 0 Å². The van der Waals surface area contributed by atoms with E-state index in [0.717, 1.165) is 84.7 Å². The van der Waals surface area contributed by atoms with Crippen LogP contribution in [0.3, 0.4) is 0 Å². The zero-order valence-electron chi connectivity index (χ0n) is 34.5. The number of likely N-dealkylation sites (tertiary alicyclic amines) is 1. The smallest absolute Gasteiger partial charge is 0.410 e. The summed E-state index contributed by atoms with van der Waals surface area (Å²) >= 11 is 0. The van der Waals surface area contributed by atoms with Crippen molar-refractivity contribution in [1.82, 2.24) is 24.8 Å². The Morgan fingerprint density at radius 2 is 1.80 bits per heavy atom. The number of nitrogens with zero attached hydrogens (tertiary/aromatic N) is 4. The number of rotatable bonds is 17. The van der Waals surface area contributed by atoms with E-state index in [0.29, 0.717) is 51.5 Å². The van der Waals surface area contributed by atoms with Crippen molar-refractivity contribution in [1.29, 1.82) is 0 Å². The van der Waals surface area contributed by atoms with Gasteiger partial charge in [0.2, 0.25) is 5.91 Å². The van der Waals surface area contributed by atoms with Crippen molar-refractivity contribution in [2.24, 2.45) is 11.3 Å². The van der Waals surface area contributed by atoms with Gasteiger partial charge in [-0.2, -0.15) is 0 Å². The van der Waals surface area contributed by atoms with E-state index in [1.165, 1.54) is 5.56 Å². The first-order valence-corrected chi connectivity index (χ1v) is 24.1. The number of benzene rings is 1. The molecular formula is C43H65N5O5Si. The molecule has 3 heterocycles. The van der Waals surface area contributed by atoms with Crippen LogP contribution in [0.25, 0.3) is 22.2 Å². The number of aryl methyl sites for hydroxylation is 2. The molecule has 0 unspecified atom stereocenters. The van der Waals surface area contributed by atoms with Crippen molar-refractivity contribution in [3.8, 4) is 11.3 Å². The number of imidazole rings is 1. The van der Waals surface area contributed by atoms with Gasteiger partial charge in [0, 0.05) is 63.2 Å². The van der Waals surface area contributed by atoms with Crippen LogP contribution in [0.1, 0.15) is 116 Å². The lowest BCUT2D eigenvalue weighted by atomic mass is 9.90. The number of fused-ring (bicyclic) bond motifs is 1. The van der Waals surface area contributed by atoms with Gasteiger partial charge in [0.25, 0.3) is 0 Å². The van der Waals surface area contributed by atoms with E-state index in [1.54, 1.807) is 4.90 Å². The van der Waals surface area contributed by atoms with Crippen molar-refractivity contribution < 1.29 is 23.9 Å². The number of pyridine rings is 1.